The molecule has 0 bridgehead atoms. The number of rotatable bonds is 4. The topological polar surface area (TPSA) is 84.5 Å². The monoisotopic (exact) mass is 250 g/mol. The molecule has 0 aliphatic carbocycles. The van der Waals surface area contributed by atoms with Crippen LogP contribution in [0.2, 0.25) is 0 Å². The Hall–Kier alpha value is -2.37. The fourth-order valence-electron chi connectivity index (χ4n) is 1.20. The first-order valence-corrected chi connectivity index (χ1v) is 5.28. The predicted molar refractivity (Wildman–Crippen MR) is 66.0 cm³/mol. The Labute approximate surface area is 104 Å². The van der Waals surface area contributed by atoms with E-state index in [2.05, 4.69) is 15.4 Å². The molecule has 6 nitrogen and oxygen atoms in total. The number of amides is 2. The number of anilines is 2. The minimum Gasteiger partial charge on any atom is -0.456 e. The molecule has 0 aliphatic heterocycles. The molecule has 0 heterocycles. The van der Waals surface area contributed by atoms with Crippen LogP contribution in [0.15, 0.2) is 24.3 Å². The van der Waals surface area contributed by atoms with E-state index in [-0.39, 0.29) is 12.5 Å². The minimum atomic E-state index is -0.508. The number of nitrogens with one attached hydrogen (secondary N) is 2. The Kier molecular flexibility index (Phi) is 4.86. The number of carbonyl (C=O) groups excluding carboxylic acids is 3. The van der Waals surface area contributed by atoms with Crippen LogP contribution in [0.1, 0.15) is 13.8 Å². The van der Waals surface area contributed by atoms with E-state index in [4.69, 9.17) is 0 Å². The maximum absolute atomic E-state index is 11.3. The van der Waals surface area contributed by atoms with E-state index in [0.29, 0.717) is 11.4 Å². The molecule has 1 rings (SSSR count). The van der Waals surface area contributed by atoms with E-state index < -0.39 is 11.9 Å². The fraction of sp³-hybridized carbons (Fsp3) is 0.250. The first-order valence-electron chi connectivity index (χ1n) is 5.28. The van der Waals surface area contributed by atoms with E-state index in [1.807, 2.05) is 0 Å². The molecule has 2 amide bonds. The van der Waals surface area contributed by atoms with E-state index in [9.17, 15) is 14.4 Å². The molecular weight excluding hydrogens is 236 g/mol. The third-order valence-corrected chi connectivity index (χ3v) is 1.90. The molecule has 0 fully saturated rings. The van der Waals surface area contributed by atoms with Gasteiger partial charge in [0.05, 0.1) is 0 Å². The normalized spacial score (nSPS) is 9.44. The van der Waals surface area contributed by atoms with Crippen molar-refractivity contribution in [1.82, 2.24) is 0 Å². The van der Waals surface area contributed by atoms with E-state index in [1.165, 1.54) is 13.8 Å². The quantitative estimate of drug-likeness (QED) is 0.785. The van der Waals surface area contributed by atoms with Gasteiger partial charge in [0.25, 0.3) is 5.91 Å². The molecule has 1 aromatic rings. The van der Waals surface area contributed by atoms with Crippen molar-refractivity contribution in [3.63, 3.8) is 0 Å². The summed E-state index contributed by atoms with van der Waals surface area (Å²) in [7, 11) is 0. The van der Waals surface area contributed by atoms with Crippen molar-refractivity contribution in [3.05, 3.63) is 24.3 Å². The molecule has 96 valence electrons. The highest BCUT2D eigenvalue weighted by Crippen LogP contribution is 2.13. The first-order chi connectivity index (χ1) is 8.47. The van der Waals surface area contributed by atoms with Crippen LogP contribution < -0.4 is 10.6 Å². The first kappa shape index (κ1) is 13.7. The number of hydrogen-bond donors (Lipinski definition) is 2. The van der Waals surface area contributed by atoms with Crippen molar-refractivity contribution in [3.8, 4) is 0 Å². The highest BCUT2D eigenvalue weighted by atomic mass is 16.5. The van der Waals surface area contributed by atoms with Gasteiger partial charge in [-0.1, -0.05) is 0 Å². The lowest BCUT2D eigenvalue weighted by atomic mass is 10.2. The molecule has 0 saturated carbocycles. The Morgan fingerprint density at radius 3 is 1.94 bits per heavy atom. The molecule has 0 unspecified atom stereocenters. The van der Waals surface area contributed by atoms with Gasteiger partial charge in [0.15, 0.2) is 6.61 Å². The Morgan fingerprint density at radius 1 is 1.00 bits per heavy atom. The number of carbonyl (C=O) groups is 3. The second-order valence-corrected chi connectivity index (χ2v) is 3.59. The Bertz CT molecular complexity index is 454. The Morgan fingerprint density at radius 2 is 1.50 bits per heavy atom. The summed E-state index contributed by atoms with van der Waals surface area (Å²) in [6.07, 6.45) is 0. The van der Waals surface area contributed by atoms with E-state index >= 15 is 0 Å². The zero-order chi connectivity index (χ0) is 13.5. The summed E-state index contributed by atoms with van der Waals surface area (Å²) in [6, 6.07) is 6.58. The average molecular weight is 250 g/mol. The van der Waals surface area contributed by atoms with Crippen molar-refractivity contribution < 1.29 is 19.1 Å². The van der Waals surface area contributed by atoms with Gasteiger partial charge in [-0.2, -0.15) is 0 Å². The molecule has 0 radical (unpaired) electrons. The number of hydrogen-bond acceptors (Lipinski definition) is 4. The van der Waals surface area contributed by atoms with Crippen molar-refractivity contribution in [1.29, 1.82) is 0 Å². The van der Waals surface area contributed by atoms with Gasteiger partial charge in [0.1, 0.15) is 0 Å². The predicted octanol–water partition coefficient (Wildman–Crippen LogP) is 1.15. The van der Waals surface area contributed by atoms with Crippen LogP contribution in [0.4, 0.5) is 11.4 Å². The van der Waals surface area contributed by atoms with Crippen LogP contribution in [0, 0.1) is 0 Å². The third kappa shape index (κ3) is 5.11. The molecule has 0 aromatic heterocycles. The van der Waals surface area contributed by atoms with Gasteiger partial charge in [-0.05, 0) is 24.3 Å². The van der Waals surface area contributed by atoms with Crippen LogP contribution >= 0.6 is 0 Å². The summed E-state index contributed by atoms with van der Waals surface area (Å²) in [5.74, 6) is -1.09. The van der Waals surface area contributed by atoms with Crippen molar-refractivity contribution >= 4 is 29.2 Å². The van der Waals surface area contributed by atoms with Crippen LogP contribution in [-0.4, -0.2) is 24.4 Å². The zero-order valence-corrected chi connectivity index (χ0v) is 10.1. The lowest BCUT2D eigenvalue weighted by molar-refractivity contribution is -0.144. The molecule has 0 atom stereocenters. The van der Waals surface area contributed by atoms with E-state index in [0.717, 1.165) is 0 Å². The highest BCUT2D eigenvalue weighted by molar-refractivity contribution is 5.93. The van der Waals surface area contributed by atoms with Crippen molar-refractivity contribution in [2.75, 3.05) is 17.2 Å². The molecule has 1 aromatic carbocycles. The lowest BCUT2D eigenvalue weighted by Crippen LogP contribution is -2.19. The summed E-state index contributed by atoms with van der Waals surface area (Å²) < 4.78 is 4.54. The van der Waals surface area contributed by atoms with Gasteiger partial charge in [-0.15, -0.1) is 0 Å². The Balaban J connectivity index is 2.50. The largest absolute Gasteiger partial charge is 0.456 e. The molecule has 0 spiro atoms. The number of benzene rings is 1. The van der Waals surface area contributed by atoms with Crippen molar-refractivity contribution in [2.45, 2.75) is 13.8 Å². The molecular formula is C12H14N2O4. The zero-order valence-electron chi connectivity index (χ0n) is 10.1. The number of ether oxygens (including phenoxy) is 1. The molecule has 0 saturated heterocycles. The second-order valence-electron chi connectivity index (χ2n) is 3.59. The molecule has 2 N–H and O–H groups in total. The fourth-order valence-corrected chi connectivity index (χ4v) is 1.20. The van der Waals surface area contributed by atoms with Gasteiger partial charge < -0.3 is 15.4 Å². The van der Waals surface area contributed by atoms with E-state index in [1.54, 1.807) is 24.3 Å². The summed E-state index contributed by atoms with van der Waals surface area (Å²) in [5.41, 5.74) is 1.20. The van der Waals surface area contributed by atoms with Crippen molar-refractivity contribution in [2.24, 2.45) is 0 Å². The van der Waals surface area contributed by atoms with Gasteiger partial charge in [-0.3, -0.25) is 14.4 Å². The number of esters is 1. The van der Waals surface area contributed by atoms with Crippen LogP contribution in [0.5, 0.6) is 0 Å². The second kappa shape index (κ2) is 6.39. The lowest BCUT2D eigenvalue weighted by Gasteiger charge is -2.06. The molecule has 18 heavy (non-hydrogen) atoms. The molecule has 6 heteroatoms. The minimum absolute atomic E-state index is 0.165. The van der Waals surface area contributed by atoms with Gasteiger partial charge in [0, 0.05) is 25.2 Å². The maximum atomic E-state index is 11.3. The average Bonchev–Trinajstić information content (AvgIpc) is 2.28. The highest BCUT2D eigenvalue weighted by Gasteiger charge is 2.04. The standard InChI is InChI=1S/C12H14N2O4/c1-8(15)13-10-3-5-11(6-4-10)14-12(17)7-18-9(2)16/h3-6H,7H2,1-2H3,(H,13,15)(H,14,17). The summed E-state index contributed by atoms with van der Waals surface area (Å²) >= 11 is 0. The summed E-state index contributed by atoms with van der Waals surface area (Å²) in [6.45, 7) is 2.33. The third-order valence-electron chi connectivity index (χ3n) is 1.90. The van der Waals surface area contributed by atoms with Crippen LogP contribution in [-0.2, 0) is 19.1 Å². The van der Waals surface area contributed by atoms with Gasteiger partial charge in [-0.25, -0.2) is 0 Å². The smallest absolute Gasteiger partial charge is 0.303 e. The maximum Gasteiger partial charge on any atom is 0.303 e. The van der Waals surface area contributed by atoms with Gasteiger partial charge in [0.2, 0.25) is 5.91 Å². The van der Waals surface area contributed by atoms with Crippen LogP contribution in [0.25, 0.3) is 0 Å². The molecule has 0 aliphatic rings. The summed E-state index contributed by atoms with van der Waals surface area (Å²) in [4.78, 5) is 32.6. The van der Waals surface area contributed by atoms with Crippen LogP contribution in [0.3, 0.4) is 0 Å². The van der Waals surface area contributed by atoms with Gasteiger partial charge >= 0.3 is 5.97 Å². The SMILES string of the molecule is CC(=O)Nc1ccc(NC(=O)COC(C)=O)cc1. The summed E-state index contributed by atoms with van der Waals surface area (Å²) in [5, 5.41) is 5.15.